The highest BCUT2D eigenvalue weighted by Gasteiger charge is 2.79. The molecule has 0 aliphatic carbocycles. The largest absolute Gasteiger partial charge is 0.425 e. The standard InChI is InChI=1S/C10H16Cl2F6OSi/c1-3-5-7-20(11,12)10(17,18)8(13,14)9(15,16)19-6-4-2/h3-7H2,1-2H3. The van der Waals surface area contributed by atoms with Crippen molar-refractivity contribution in [3.63, 3.8) is 0 Å². The smallest absolute Gasteiger partial charge is 0.316 e. The van der Waals surface area contributed by atoms with Crippen LogP contribution in [-0.4, -0.2) is 30.9 Å². The zero-order valence-electron chi connectivity index (χ0n) is 11.0. The van der Waals surface area contributed by atoms with E-state index in [1.165, 1.54) is 6.92 Å². The Bertz CT molecular complexity index is 284. The Morgan fingerprint density at radius 1 is 0.950 bits per heavy atom. The lowest BCUT2D eigenvalue weighted by atomic mass is 10.3. The van der Waals surface area contributed by atoms with E-state index >= 15 is 0 Å². The summed E-state index contributed by atoms with van der Waals surface area (Å²) < 4.78 is 84.3. The molecule has 0 N–H and O–H groups in total. The summed E-state index contributed by atoms with van der Waals surface area (Å²) >= 11 is 10.6. The van der Waals surface area contributed by atoms with Crippen LogP contribution < -0.4 is 0 Å². The van der Waals surface area contributed by atoms with Crippen LogP contribution in [0.2, 0.25) is 6.04 Å². The molecule has 0 unspecified atom stereocenters. The molecule has 0 aromatic heterocycles. The molecule has 0 radical (unpaired) electrons. The first-order chi connectivity index (χ1) is 8.87. The minimum absolute atomic E-state index is 0.0304. The molecule has 1 nitrogen and oxygen atoms in total. The third kappa shape index (κ3) is 3.95. The Balaban J connectivity index is 5.32. The Labute approximate surface area is 124 Å². The number of hydrogen-bond donors (Lipinski definition) is 0. The summed E-state index contributed by atoms with van der Waals surface area (Å²) in [4.78, 5) is 0. The first-order valence-corrected chi connectivity index (χ1v) is 10.3. The van der Waals surface area contributed by atoms with Gasteiger partial charge in [-0.1, -0.05) is 26.7 Å². The Hall–Kier alpha value is 0.337. The van der Waals surface area contributed by atoms with Crippen molar-refractivity contribution in [1.29, 1.82) is 0 Å². The van der Waals surface area contributed by atoms with Crippen molar-refractivity contribution < 1.29 is 31.1 Å². The van der Waals surface area contributed by atoms with Gasteiger partial charge in [0.1, 0.15) is 0 Å². The first kappa shape index (κ1) is 20.3. The highest BCUT2D eigenvalue weighted by atomic mass is 35.7. The van der Waals surface area contributed by atoms with Gasteiger partial charge in [0.05, 0.1) is 6.61 Å². The third-order valence-electron chi connectivity index (χ3n) is 2.55. The Morgan fingerprint density at radius 3 is 1.85 bits per heavy atom. The molecule has 0 aromatic rings. The summed E-state index contributed by atoms with van der Waals surface area (Å²) in [5, 5.41) is 0. The molecule has 0 aromatic carbocycles. The van der Waals surface area contributed by atoms with Gasteiger partial charge in [0.25, 0.3) is 0 Å². The summed E-state index contributed by atoms with van der Waals surface area (Å²) in [5.74, 6) is -5.77. The van der Waals surface area contributed by atoms with Gasteiger partial charge in [-0.05, 0) is 12.5 Å². The average Bonchev–Trinajstić information content (AvgIpc) is 2.33. The van der Waals surface area contributed by atoms with Crippen LogP contribution in [-0.2, 0) is 4.74 Å². The molecule has 10 heteroatoms. The van der Waals surface area contributed by atoms with Crippen LogP contribution in [0, 0.1) is 0 Å². The fourth-order valence-electron chi connectivity index (χ4n) is 1.29. The monoisotopic (exact) mass is 364 g/mol. The van der Waals surface area contributed by atoms with Crippen LogP contribution >= 0.6 is 22.2 Å². The van der Waals surface area contributed by atoms with Gasteiger partial charge in [-0.3, -0.25) is 0 Å². The van der Waals surface area contributed by atoms with E-state index in [0.717, 1.165) is 0 Å². The minimum Gasteiger partial charge on any atom is -0.316 e. The van der Waals surface area contributed by atoms with Gasteiger partial charge in [-0.2, -0.15) is 17.6 Å². The second-order valence-corrected chi connectivity index (χ2v) is 11.3. The molecule has 0 fully saturated rings. The number of unbranched alkanes of at least 4 members (excludes halogenated alkanes) is 1. The van der Waals surface area contributed by atoms with Gasteiger partial charge < -0.3 is 4.74 Å². The topological polar surface area (TPSA) is 9.23 Å². The highest BCUT2D eigenvalue weighted by Crippen LogP contribution is 2.54. The second-order valence-electron chi connectivity index (χ2n) is 4.32. The lowest BCUT2D eigenvalue weighted by molar-refractivity contribution is -0.383. The van der Waals surface area contributed by atoms with E-state index < -0.39 is 36.9 Å². The first-order valence-electron chi connectivity index (χ1n) is 6.02. The molecule has 0 atom stereocenters. The quantitative estimate of drug-likeness (QED) is 0.296. The van der Waals surface area contributed by atoms with Gasteiger partial charge >= 0.3 is 24.3 Å². The van der Waals surface area contributed by atoms with E-state index in [1.807, 2.05) is 0 Å². The maximum atomic E-state index is 13.7. The van der Waals surface area contributed by atoms with Crippen molar-refractivity contribution in [3.05, 3.63) is 0 Å². The summed E-state index contributed by atoms with van der Waals surface area (Å²) in [6.07, 6.45) is -4.94. The third-order valence-corrected chi connectivity index (χ3v) is 7.32. The van der Waals surface area contributed by atoms with E-state index in [4.69, 9.17) is 22.2 Å². The summed E-state index contributed by atoms with van der Waals surface area (Å²) in [7, 11) is 0. The normalized spacial score (nSPS) is 14.7. The number of rotatable bonds is 9. The van der Waals surface area contributed by atoms with Gasteiger partial charge in [-0.15, -0.1) is 22.2 Å². The predicted octanol–water partition coefficient (Wildman–Crippen LogP) is 5.54. The van der Waals surface area contributed by atoms with Gasteiger partial charge in [0.15, 0.2) is 0 Å². The van der Waals surface area contributed by atoms with Crippen LogP contribution in [0.25, 0.3) is 0 Å². The number of hydrogen-bond acceptors (Lipinski definition) is 1. The second kappa shape index (κ2) is 7.06. The molecule has 0 amide bonds. The molecule has 0 spiro atoms. The summed E-state index contributed by atoms with van der Waals surface area (Å²) in [6, 6.07) is -0.612. The molecule has 0 rings (SSSR count). The predicted molar refractivity (Wildman–Crippen MR) is 68.3 cm³/mol. The molecule has 122 valence electrons. The molecule has 0 saturated carbocycles. The Morgan fingerprint density at radius 2 is 1.45 bits per heavy atom. The number of ether oxygens (including phenoxy) is 1. The van der Waals surface area contributed by atoms with Crippen LogP contribution in [0.5, 0.6) is 0 Å². The van der Waals surface area contributed by atoms with Crippen molar-refractivity contribution in [2.24, 2.45) is 0 Å². The zero-order valence-corrected chi connectivity index (χ0v) is 13.5. The molecule has 0 bridgehead atoms. The highest BCUT2D eigenvalue weighted by molar-refractivity contribution is 7.46. The van der Waals surface area contributed by atoms with Crippen molar-refractivity contribution >= 4 is 28.9 Å². The van der Waals surface area contributed by atoms with Crippen molar-refractivity contribution in [3.8, 4) is 0 Å². The molecule has 0 aliphatic heterocycles. The minimum atomic E-state index is -5.77. The zero-order chi connectivity index (χ0) is 16.2. The van der Waals surface area contributed by atoms with Crippen LogP contribution in [0.3, 0.4) is 0 Å². The maximum Gasteiger partial charge on any atom is 0.425 e. The van der Waals surface area contributed by atoms with E-state index in [1.54, 1.807) is 6.92 Å². The molecule has 20 heavy (non-hydrogen) atoms. The number of alkyl halides is 6. The fraction of sp³-hybridized carbons (Fsp3) is 1.00. The van der Waals surface area contributed by atoms with Crippen molar-refractivity contribution in [2.75, 3.05) is 6.61 Å². The maximum absolute atomic E-state index is 13.7. The van der Waals surface area contributed by atoms with E-state index in [-0.39, 0.29) is 12.8 Å². The fourth-order valence-corrected chi connectivity index (χ4v) is 4.52. The SMILES string of the molecule is CCCC[Si](Cl)(Cl)C(F)(F)C(F)(F)C(F)(F)OCCC. The number of halogens is 8. The van der Waals surface area contributed by atoms with Crippen LogP contribution in [0.4, 0.5) is 26.3 Å². The van der Waals surface area contributed by atoms with E-state index in [0.29, 0.717) is 6.42 Å². The average molecular weight is 365 g/mol. The summed E-state index contributed by atoms with van der Waals surface area (Å²) in [6.45, 7) is -2.74. The van der Waals surface area contributed by atoms with Crippen molar-refractivity contribution in [1.82, 2.24) is 0 Å². The van der Waals surface area contributed by atoms with E-state index in [2.05, 4.69) is 4.74 Å². The van der Waals surface area contributed by atoms with Crippen molar-refractivity contribution in [2.45, 2.75) is 56.7 Å². The van der Waals surface area contributed by atoms with Gasteiger partial charge in [-0.25, -0.2) is 8.78 Å². The molecule has 0 aliphatic rings. The lowest BCUT2D eigenvalue weighted by Gasteiger charge is -2.37. The van der Waals surface area contributed by atoms with Gasteiger partial charge in [0, 0.05) is 0 Å². The summed E-state index contributed by atoms with van der Waals surface area (Å²) in [5.41, 5.74) is -5.21. The molecule has 0 saturated heterocycles. The van der Waals surface area contributed by atoms with Crippen LogP contribution in [0.1, 0.15) is 33.1 Å². The molecular formula is C10H16Cl2F6OSi. The van der Waals surface area contributed by atoms with Crippen LogP contribution in [0.15, 0.2) is 0 Å². The Kier molecular flexibility index (Phi) is 7.18. The van der Waals surface area contributed by atoms with E-state index in [9.17, 15) is 26.3 Å². The molecular weight excluding hydrogens is 349 g/mol. The lowest BCUT2D eigenvalue weighted by Crippen LogP contribution is -2.64. The van der Waals surface area contributed by atoms with Gasteiger partial charge in [0.2, 0.25) is 0 Å². The molecule has 0 heterocycles.